The lowest BCUT2D eigenvalue weighted by atomic mass is 9.86. The summed E-state index contributed by atoms with van der Waals surface area (Å²) < 4.78 is 0. The minimum atomic E-state index is 0.230. The molecule has 0 amide bonds. The first-order valence-electron chi connectivity index (χ1n) is 6.95. The summed E-state index contributed by atoms with van der Waals surface area (Å²) in [5.41, 5.74) is 9.13. The van der Waals surface area contributed by atoms with E-state index in [4.69, 9.17) is 5.73 Å². The largest absolute Gasteiger partial charge is 0.324 e. The van der Waals surface area contributed by atoms with Crippen LogP contribution < -0.4 is 5.73 Å². The van der Waals surface area contributed by atoms with Gasteiger partial charge in [-0.2, -0.15) is 0 Å². The van der Waals surface area contributed by atoms with Crippen molar-refractivity contribution in [1.29, 1.82) is 0 Å². The van der Waals surface area contributed by atoms with Crippen LogP contribution in [0.3, 0.4) is 0 Å². The Kier molecular flexibility index (Phi) is 3.88. The lowest BCUT2D eigenvalue weighted by Gasteiger charge is -2.24. The Morgan fingerprint density at radius 3 is 2.12 bits per heavy atom. The van der Waals surface area contributed by atoms with E-state index in [-0.39, 0.29) is 6.04 Å². The molecule has 0 bridgehead atoms. The fourth-order valence-electron chi connectivity index (χ4n) is 3.06. The Hall–Kier alpha value is -0.820. The molecule has 0 aliphatic heterocycles. The van der Waals surface area contributed by atoms with Crippen LogP contribution in [0, 0.1) is 11.8 Å². The van der Waals surface area contributed by atoms with Crippen LogP contribution in [0.5, 0.6) is 0 Å². The van der Waals surface area contributed by atoms with E-state index >= 15 is 0 Å². The topological polar surface area (TPSA) is 26.0 Å². The summed E-state index contributed by atoms with van der Waals surface area (Å²) in [4.78, 5) is 0. The highest BCUT2D eigenvalue weighted by Crippen LogP contribution is 2.38. The molecule has 2 rings (SSSR count). The molecule has 1 fully saturated rings. The zero-order valence-corrected chi connectivity index (χ0v) is 11.3. The van der Waals surface area contributed by atoms with Gasteiger partial charge < -0.3 is 5.73 Å². The van der Waals surface area contributed by atoms with E-state index in [1.807, 2.05) is 0 Å². The molecule has 0 aromatic heterocycles. The highest BCUT2D eigenvalue weighted by atomic mass is 14.7. The molecular formula is C16H25N. The molecule has 1 heteroatoms. The molecule has 3 atom stereocenters. The van der Waals surface area contributed by atoms with Gasteiger partial charge in [0.15, 0.2) is 0 Å². The van der Waals surface area contributed by atoms with Crippen LogP contribution in [-0.2, 0) is 0 Å². The Morgan fingerprint density at radius 2 is 1.65 bits per heavy atom. The van der Waals surface area contributed by atoms with Crippen LogP contribution in [0.1, 0.15) is 63.1 Å². The van der Waals surface area contributed by atoms with Crippen LogP contribution in [0.25, 0.3) is 0 Å². The third-order valence-corrected chi connectivity index (χ3v) is 4.38. The number of nitrogens with two attached hydrogens (primary N) is 1. The van der Waals surface area contributed by atoms with E-state index in [0.29, 0.717) is 11.8 Å². The molecule has 2 N–H and O–H groups in total. The lowest BCUT2D eigenvalue weighted by Crippen LogP contribution is -2.23. The second-order valence-electron chi connectivity index (χ2n) is 5.92. The van der Waals surface area contributed by atoms with Gasteiger partial charge in [0.2, 0.25) is 0 Å². The van der Waals surface area contributed by atoms with Crippen LogP contribution in [0.15, 0.2) is 24.3 Å². The molecule has 0 heterocycles. The summed E-state index contributed by atoms with van der Waals surface area (Å²) in [6, 6.07) is 9.16. The molecular weight excluding hydrogens is 206 g/mol. The maximum absolute atomic E-state index is 6.42. The summed E-state index contributed by atoms with van der Waals surface area (Å²) >= 11 is 0. The molecule has 1 nitrogen and oxygen atoms in total. The second-order valence-corrected chi connectivity index (χ2v) is 5.92. The maximum atomic E-state index is 6.42. The SMILES string of the molecule is CC(C)c1ccc(C(N)C2CCCC2C)cc1. The summed E-state index contributed by atoms with van der Waals surface area (Å²) in [7, 11) is 0. The summed E-state index contributed by atoms with van der Waals surface area (Å²) in [6.07, 6.45) is 4.00. The number of hydrogen-bond donors (Lipinski definition) is 1. The highest BCUT2D eigenvalue weighted by Gasteiger charge is 2.29. The number of benzene rings is 1. The smallest absolute Gasteiger partial charge is 0.0326 e. The van der Waals surface area contributed by atoms with Gasteiger partial charge in [-0.1, -0.05) is 57.9 Å². The van der Waals surface area contributed by atoms with E-state index < -0.39 is 0 Å². The molecule has 1 aliphatic carbocycles. The van der Waals surface area contributed by atoms with Gasteiger partial charge in [-0.15, -0.1) is 0 Å². The lowest BCUT2D eigenvalue weighted by molar-refractivity contribution is 0.351. The maximum Gasteiger partial charge on any atom is 0.0326 e. The van der Waals surface area contributed by atoms with Crippen molar-refractivity contribution in [3.05, 3.63) is 35.4 Å². The van der Waals surface area contributed by atoms with Crippen LogP contribution in [0.2, 0.25) is 0 Å². The van der Waals surface area contributed by atoms with Gasteiger partial charge in [0.25, 0.3) is 0 Å². The van der Waals surface area contributed by atoms with Crippen molar-refractivity contribution in [2.45, 2.75) is 52.0 Å². The molecule has 17 heavy (non-hydrogen) atoms. The fourth-order valence-corrected chi connectivity index (χ4v) is 3.06. The average Bonchev–Trinajstić information content (AvgIpc) is 2.74. The minimum absolute atomic E-state index is 0.230. The normalized spacial score (nSPS) is 26.4. The zero-order valence-electron chi connectivity index (χ0n) is 11.3. The van der Waals surface area contributed by atoms with E-state index in [9.17, 15) is 0 Å². The van der Waals surface area contributed by atoms with Crippen molar-refractivity contribution < 1.29 is 0 Å². The van der Waals surface area contributed by atoms with Crippen molar-refractivity contribution in [2.75, 3.05) is 0 Å². The monoisotopic (exact) mass is 231 g/mol. The third kappa shape index (κ3) is 2.71. The Labute approximate surface area is 105 Å². The first-order chi connectivity index (χ1) is 8.09. The van der Waals surface area contributed by atoms with Crippen molar-refractivity contribution in [3.63, 3.8) is 0 Å². The highest BCUT2D eigenvalue weighted by molar-refractivity contribution is 5.27. The van der Waals surface area contributed by atoms with Gasteiger partial charge in [-0.3, -0.25) is 0 Å². The predicted molar refractivity (Wildman–Crippen MR) is 74.0 cm³/mol. The third-order valence-electron chi connectivity index (χ3n) is 4.38. The van der Waals surface area contributed by atoms with Crippen LogP contribution >= 0.6 is 0 Å². The van der Waals surface area contributed by atoms with E-state index in [1.54, 1.807) is 0 Å². The van der Waals surface area contributed by atoms with Crippen LogP contribution in [-0.4, -0.2) is 0 Å². The van der Waals surface area contributed by atoms with Gasteiger partial charge >= 0.3 is 0 Å². The molecule has 0 saturated heterocycles. The standard InChI is InChI=1S/C16H25N/c1-11(2)13-7-9-14(10-8-13)16(17)15-6-4-5-12(15)3/h7-12,15-16H,4-6,17H2,1-3H3. The van der Waals surface area contributed by atoms with Gasteiger partial charge in [0, 0.05) is 6.04 Å². The van der Waals surface area contributed by atoms with Gasteiger partial charge in [-0.25, -0.2) is 0 Å². The Morgan fingerprint density at radius 1 is 1.06 bits per heavy atom. The summed E-state index contributed by atoms with van der Waals surface area (Å²) in [5, 5.41) is 0. The van der Waals surface area contributed by atoms with Gasteiger partial charge in [0.05, 0.1) is 0 Å². The van der Waals surface area contributed by atoms with Gasteiger partial charge in [-0.05, 0) is 35.3 Å². The molecule has 1 aromatic rings. The number of rotatable bonds is 3. The molecule has 0 radical (unpaired) electrons. The molecule has 3 unspecified atom stereocenters. The Bertz CT molecular complexity index is 352. The molecule has 1 aliphatic rings. The van der Waals surface area contributed by atoms with Crippen LogP contribution in [0.4, 0.5) is 0 Å². The fraction of sp³-hybridized carbons (Fsp3) is 0.625. The van der Waals surface area contributed by atoms with Crippen molar-refractivity contribution in [3.8, 4) is 0 Å². The first kappa shape index (κ1) is 12.6. The minimum Gasteiger partial charge on any atom is -0.324 e. The average molecular weight is 231 g/mol. The predicted octanol–water partition coefficient (Wildman–Crippen LogP) is 4.25. The summed E-state index contributed by atoms with van der Waals surface area (Å²) in [5.74, 6) is 2.07. The van der Waals surface area contributed by atoms with E-state index in [1.165, 1.54) is 30.4 Å². The van der Waals surface area contributed by atoms with Crippen molar-refractivity contribution in [2.24, 2.45) is 17.6 Å². The summed E-state index contributed by atoms with van der Waals surface area (Å²) in [6.45, 7) is 6.81. The van der Waals surface area contributed by atoms with Gasteiger partial charge in [0.1, 0.15) is 0 Å². The Balaban J connectivity index is 2.11. The first-order valence-corrected chi connectivity index (χ1v) is 6.95. The van der Waals surface area contributed by atoms with E-state index in [2.05, 4.69) is 45.0 Å². The van der Waals surface area contributed by atoms with E-state index in [0.717, 1.165) is 5.92 Å². The molecule has 94 valence electrons. The second kappa shape index (κ2) is 5.22. The van der Waals surface area contributed by atoms with Crippen molar-refractivity contribution >= 4 is 0 Å². The number of hydrogen-bond acceptors (Lipinski definition) is 1. The molecule has 1 aromatic carbocycles. The zero-order chi connectivity index (χ0) is 12.4. The molecule has 0 spiro atoms. The molecule has 1 saturated carbocycles. The quantitative estimate of drug-likeness (QED) is 0.827. The van der Waals surface area contributed by atoms with Crippen molar-refractivity contribution in [1.82, 2.24) is 0 Å².